The van der Waals surface area contributed by atoms with Gasteiger partial charge in [0.15, 0.2) is 0 Å². The standard InChI is InChI=1S/C9H14F3NO3/c10-9(11,12)3-4-16-5-7(8(14)15)13-6-1-2-6/h6-7,13H,1-5H2,(H,14,15). The third-order valence-corrected chi connectivity index (χ3v) is 2.13. The average Bonchev–Trinajstić information content (AvgIpc) is 2.91. The SMILES string of the molecule is O=C(O)C(COCCC(F)(F)F)NC1CC1. The van der Waals surface area contributed by atoms with Crippen molar-refractivity contribution < 1.29 is 27.8 Å². The van der Waals surface area contributed by atoms with Crippen LogP contribution < -0.4 is 5.32 Å². The minimum absolute atomic E-state index is 0.173. The molecule has 1 rings (SSSR count). The molecule has 1 aliphatic rings. The summed E-state index contributed by atoms with van der Waals surface area (Å²) in [5, 5.41) is 11.5. The van der Waals surface area contributed by atoms with Gasteiger partial charge in [-0.3, -0.25) is 10.1 Å². The minimum atomic E-state index is -4.26. The van der Waals surface area contributed by atoms with E-state index < -0.39 is 31.2 Å². The van der Waals surface area contributed by atoms with E-state index in [4.69, 9.17) is 9.84 Å². The molecule has 0 radical (unpaired) electrons. The van der Waals surface area contributed by atoms with Crippen molar-refractivity contribution in [1.29, 1.82) is 0 Å². The smallest absolute Gasteiger partial charge is 0.391 e. The topological polar surface area (TPSA) is 58.6 Å². The van der Waals surface area contributed by atoms with Crippen molar-refractivity contribution in [3.8, 4) is 0 Å². The molecule has 0 aliphatic heterocycles. The van der Waals surface area contributed by atoms with E-state index in [1.165, 1.54) is 0 Å². The molecule has 0 aromatic rings. The number of ether oxygens (including phenoxy) is 1. The summed E-state index contributed by atoms with van der Waals surface area (Å²) in [5.41, 5.74) is 0. The molecule has 1 aliphatic carbocycles. The fourth-order valence-corrected chi connectivity index (χ4v) is 1.11. The van der Waals surface area contributed by atoms with Gasteiger partial charge in [-0.25, -0.2) is 0 Å². The van der Waals surface area contributed by atoms with E-state index in [2.05, 4.69) is 5.32 Å². The van der Waals surface area contributed by atoms with Crippen molar-refractivity contribution >= 4 is 5.97 Å². The van der Waals surface area contributed by atoms with E-state index in [1.807, 2.05) is 0 Å². The monoisotopic (exact) mass is 241 g/mol. The second-order valence-corrected chi connectivity index (χ2v) is 3.77. The van der Waals surface area contributed by atoms with Crippen LogP contribution in [0.5, 0.6) is 0 Å². The zero-order valence-corrected chi connectivity index (χ0v) is 8.59. The van der Waals surface area contributed by atoms with Gasteiger partial charge in [-0.2, -0.15) is 13.2 Å². The summed E-state index contributed by atoms with van der Waals surface area (Å²) in [4.78, 5) is 10.7. The number of nitrogens with one attached hydrogen (secondary N) is 1. The number of carboxylic acid groups (broad SMARTS) is 1. The molecule has 0 heterocycles. The lowest BCUT2D eigenvalue weighted by atomic mass is 10.3. The number of rotatable bonds is 7. The van der Waals surface area contributed by atoms with Crippen LogP contribution in [0.4, 0.5) is 13.2 Å². The lowest BCUT2D eigenvalue weighted by Crippen LogP contribution is -2.42. The third kappa shape index (κ3) is 5.92. The van der Waals surface area contributed by atoms with Crippen molar-refractivity contribution in [2.45, 2.75) is 37.5 Å². The van der Waals surface area contributed by atoms with E-state index in [-0.39, 0.29) is 12.6 Å². The maximum atomic E-state index is 11.7. The zero-order chi connectivity index (χ0) is 12.2. The first-order valence-electron chi connectivity index (χ1n) is 5.02. The first-order valence-corrected chi connectivity index (χ1v) is 5.02. The highest BCUT2D eigenvalue weighted by atomic mass is 19.4. The van der Waals surface area contributed by atoms with Crippen LogP contribution in [-0.2, 0) is 9.53 Å². The van der Waals surface area contributed by atoms with Gasteiger partial charge in [0, 0.05) is 6.04 Å². The molecule has 4 nitrogen and oxygen atoms in total. The number of carboxylic acids is 1. The fraction of sp³-hybridized carbons (Fsp3) is 0.889. The Hall–Kier alpha value is -0.820. The highest BCUT2D eigenvalue weighted by molar-refractivity contribution is 5.73. The molecule has 0 amide bonds. The van der Waals surface area contributed by atoms with Crippen LogP contribution in [0.3, 0.4) is 0 Å². The van der Waals surface area contributed by atoms with Crippen LogP contribution in [0.2, 0.25) is 0 Å². The normalized spacial score (nSPS) is 18.4. The fourth-order valence-electron chi connectivity index (χ4n) is 1.11. The van der Waals surface area contributed by atoms with Crippen LogP contribution in [0.15, 0.2) is 0 Å². The second kappa shape index (κ2) is 5.49. The summed E-state index contributed by atoms with van der Waals surface area (Å²) in [5.74, 6) is -1.10. The van der Waals surface area contributed by atoms with Crippen LogP contribution >= 0.6 is 0 Å². The average molecular weight is 241 g/mol. The van der Waals surface area contributed by atoms with Gasteiger partial charge in [-0.1, -0.05) is 0 Å². The molecule has 0 saturated heterocycles. The van der Waals surface area contributed by atoms with E-state index >= 15 is 0 Å². The number of hydrogen-bond donors (Lipinski definition) is 2. The maximum Gasteiger partial charge on any atom is 0.391 e. The second-order valence-electron chi connectivity index (χ2n) is 3.77. The lowest BCUT2D eigenvalue weighted by molar-refractivity contribution is -0.148. The van der Waals surface area contributed by atoms with Crippen molar-refractivity contribution in [2.24, 2.45) is 0 Å². The molecule has 16 heavy (non-hydrogen) atoms. The van der Waals surface area contributed by atoms with Gasteiger partial charge >= 0.3 is 12.1 Å². The highest BCUT2D eigenvalue weighted by Crippen LogP contribution is 2.20. The van der Waals surface area contributed by atoms with Gasteiger partial charge in [0.1, 0.15) is 6.04 Å². The molecular formula is C9H14F3NO3. The molecule has 1 atom stereocenters. The Bertz CT molecular complexity index is 241. The largest absolute Gasteiger partial charge is 0.480 e. The third-order valence-electron chi connectivity index (χ3n) is 2.13. The zero-order valence-electron chi connectivity index (χ0n) is 8.59. The quantitative estimate of drug-likeness (QED) is 0.657. The van der Waals surface area contributed by atoms with Crippen molar-refractivity contribution in [3.05, 3.63) is 0 Å². The number of aliphatic carboxylic acids is 1. The van der Waals surface area contributed by atoms with Crippen molar-refractivity contribution in [1.82, 2.24) is 5.32 Å². The van der Waals surface area contributed by atoms with Gasteiger partial charge < -0.3 is 9.84 Å². The Morgan fingerprint density at radius 1 is 1.50 bits per heavy atom. The summed E-state index contributed by atoms with van der Waals surface area (Å²) < 4.78 is 39.9. The molecule has 0 aromatic carbocycles. The molecule has 1 fully saturated rings. The van der Waals surface area contributed by atoms with Crippen LogP contribution in [-0.4, -0.2) is 42.5 Å². The molecular weight excluding hydrogens is 227 g/mol. The number of alkyl halides is 3. The lowest BCUT2D eigenvalue weighted by Gasteiger charge is -2.14. The molecule has 94 valence electrons. The van der Waals surface area contributed by atoms with Gasteiger partial charge in [0.05, 0.1) is 19.6 Å². The summed E-state index contributed by atoms with van der Waals surface area (Å²) in [6, 6.07) is -0.743. The molecule has 7 heteroatoms. The molecule has 1 saturated carbocycles. The summed E-state index contributed by atoms with van der Waals surface area (Å²) >= 11 is 0. The Labute approximate surface area is 90.8 Å². The minimum Gasteiger partial charge on any atom is -0.480 e. The van der Waals surface area contributed by atoms with Gasteiger partial charge in [0.2, 0.25) is 0 Å². The molecule has 0 bridgehead atoms. The predicted molar refractivity (Wildman–Crippen MR) is 49.1 cm³/mol. The van der Waals surface area contributed by atoms with E-state index in [9.17, 15) is 18.0 Å². The Morgan fingerprint density at radius 3 is 2.56 bits per heavy atom. The predicted octanol–water partition coefficient (Wildman–Crippen LogP) is 1.16. The Morgan fingerprint density at radius 2 is 2.12 bits per heavy atom. The number of halogens is 3. The van der Waals surface area contributed by atoms with Crippen LogP contribution in [0.1, 0.15) is 19.3 Å². The first-order chi connectivity index (χ1) is 7.38. The van der Waals surface area contributed by atoms with E-state index in [1.54, 1.807) is 0 Å². The van der Waals surface area contributed by atoms with E-state index in [0.29, 0.717) is 0 Å². The van der Waals surface area contributed by atoms with E-state index in [0.717, 1.165) is 12.8 Å². The van der Waals surface area contributed by atoms with Gasteiger partial charge in [-0.15, -0.1) is 0 Å². The molecule has 0 spiro atoms. The van der Waals surface area contributed by atoms with Crippen molar-refractivity contribution in [2.75, 3.05) is 13.2 Å². The summed E-state index contributed by atoms with van der Waals surface area (Å²) in [6.45, 7) is -0.735. The molecule has 1 unspecified atom stereocenters. The summed E-state index contributed by atoms with van der Waals surface area (Å²) in [7, 11) is 0. The highest BCUT2D eigenvalue weighted by Gasteiger charge is 2.29. The number of carbonyl (C=O) groups is 1. The molecule has 2 N–H and O–H groups in total. The van der Waals surface area contributed by atoms with Crippen molar-refractivity contribution in [3.63, 3.8) is 0 Å². The Balaban J connectivity index is 2.14. The summed E-state index contributed by atoms with van der Waals surface area (Å²) in [6.07, 6.45) is -3.50. The van der Waals surface area contributed by atoms with Crippen LogP contribution in [0, 0.1) is 0 Å². The van der Waals surface area contributed by atoms with Gasteiger partial charge in [-0.05, 0) is 12.8 Å². The molecule has 0 aromatic heterocycles. The number of hydrogen-bond acceptors (Lipinski definition) is 3. The van der Waals surface area contributed by atoms with Crippen LogP contribution in [0.25, 0.3) is 0 Å². The first kappa shape index (κ1) is 13.2. The van der Waals surface area contributed by atoms with Gasteiger partial charge in [0.25, 0.3) is 0 Å². The Kier molecular flexibility index (Phi) is 4.55. The maximum absolute atomic E-state index is 11.7.